The summed E-state index contributed by atoms with van der Waals surface area (Å²) in [6.45, 7) is 5.83. The standard InChI is InChI=1S/C14H19N3O2/c1-14(2,3)19-13(18)10(15)8-17-9-16-11-6-4-5-7-12(11)17/h4-7,9-10H,8,15H2,1-3H3. The smallest absolute Gasteiger partial charge is 0.325 e. The molecule has 5 heteroatoms. The fourth-order valence-electron chi connectivity index (χ4n) is 1.82. The Kier molecular flexibility index (Phi) is 3.57. The molecule has 0 aliphatic rings. The lowest BCUT2D eigenvalue weighted by Crippen LogP contribution is -2.40. The molecule has 0 saturated carbocycles. The number of ether oxygens (including phenoxy) is 1. The van der Waals surface area contributed by atoms with Crippen LogP contribution in [0.1, 0.15) is 20.8 Å². The van der Waals surface area contributed by atoms with Crippen LogP contribution in [0.2, 0.25) is 0 Å². The molecular formula is C14H19N3O2. The molecule has 1 unspecified atom stereocenters. The van der Waals surface area contributed by atoms with Crippen LogP contribution in [-0.2, 0) is 16.1 Å². The van der Waals surface area contributed by atoms with Crippen LogP contribution in [0.15, 0.2) is 30.6 Å². The number of fused-ring (bicyclic) bond motifs is 1. The Morgan fingerprint density at radius 3 is 2.79 bits per heavy atom. The molecular weight excluding hydrogens is 242 g/mol. The van der Waals surface area contributed by atoms with E-state index in [-0.39, 0.29) is 0 Å². The molecule has 0 bridgehead atoms. The Labute approximate surface area is 112 Å². The van der Waals surface area contributed by atoms with Crippen LogP contribution in [0.3, 0.4) is 0 Å². The fourth-order valence-corrected chi connectivity index (χ4v) is 1.82. The molecule has 1 aromatic carbocycles. The summed E-state index contributed by atoms with van der Waals surface area (Å²) in [5, 5.41) is 0. The molecule has 2 rings (SSSR count). The second-order valence-electron chi connectivity index (χ2n) is 5.53. The first-order chi connectivity index (χ1) is 8.87. The van der Waals surface area contributed by atoms with Crippen molar-refractivity contribution in [3.63, 3.8) is 0 Å². The Hall–Kier alpha value is -1.88. The molecule has 0 amide bonds. The molecule has 0 spiro atoms. The van der Waals surface area contributed by atoms with Gasteiger partial charge in [-0.3, -0.25) is 4.79 Å². The van der Waals surface area contributed by atoms with Crippen molar-refractivity contribution in [1.82, 2.24) is 9.55 Å². The van der Waals surface area contributed by atoms with Gasteiger partial charge in [-0.2, -0.15) is 0 Å². The largest absolute Gasteiger partial charge is 0.459 e. The van der Waals surface area contributed by atoms with Crippen LogP contribution in [0.4, 0.5) is 0 Å². The number of rotatable bonds is 3. The molecule has 5 nitrogen and oxygen atoms in total. The van der Waals surface area contributed by atoms with Gasteiger partial charge in [-0.15, -0.1) is 0 Å². The normalized spacial score (nSPS) is 13.5. The number of imidazole rings is 1. The zero-order valence-corrected chi connectivity index (χ0v) is 11.5. The Bertz CT molecular complexity index is 584. The number of carbonyl (C=O) groups excluding carboxylic acids is 1. The monoisotopic (exact) mass is 261 g/mol. The minimum Gasteiger partial charge on any atom is -0.459 e. The number of carbonyl (C=O) groups is 1. The number of nitrogens with zero attached hydrogens (tertiary/aromatic N) is 2. The van der Waals surface area contributed by atoms with Crippen LogP contribution in [0.5, 0.6) is 0 Å². The van der Waals surface area contributed by atoms with E-state index in [9.17, 15) is 4.79 Å². The van der Waals surface area contributed by atoms with E-state index in [0.29, 0.717) is 6.54 Å². The zero-order chi connectivity index (χ0) is 14.0. The average molecular weight is 261 g/mol. The van der Waals surface area contributed by atoms with Crippen LogP contribution in [0, 0.1) is 0 Å². The molecule has 0 saturated heterocycles. The van der Waals surface area contributed by atoms with Crippen molar-refractivity contribution in [3.05, 3.63) is 30.6 Å². The lowest BCUT2D eigenvalue weighted by atomic mass is 10.2. The van der Waals surface area contributed by atoms with E-state index in [1.165, 1.54) is 0 Å². The van der Waals surface area contributed by atoms with Crippen molar-refractivity contribution in [1.29, 1.82) is 0 Å². The predicted octanol–water partition coefficient (Wildman–Crippen LogP) is 1.71. The third kappa shape index (κ3) is 3.32. The maximum Gasteiger partial charge on any atom is 0.325 e. The molecule has 0 aliphatic heterocycles. The topological polar surface area (TPSA) is 70.1 Å². The van der Waals surface area contributed by atoms with Gasteiger partial charge < -0.3 is 15.0 Å². The highest BCUT2D eigenvalue weighted by Gasteiger charge is 2.22. The number of hydrogen-bond acceptors (Lipinski definition) is 4. The number of nitrogens with two attached hydrogens (primary N) is 1. The van der Waals surface area contributed by atoms with Crippen molar-refractivity contribution >= 4 is 17.0 Å². The molecule has 19 heavy (non-hydrogen) atoms. The first-order valence-corrected chi connectivity index (χ1v) is 6.25. The molecule has 0 fully saturated rings. The van der Waals surface area contributed by atoms with Crippen LogP contribution in [0.25, 0.3) is 11.0 Å². The third-order valence-electron chi connectivity index (χ3n) is 2.63. The number of hydrogen-bond donors (Lipinski definition) is 1. The van der Waals surface area contributed by atoms with Gasteiger partial charge in [-0.05, 0) is 32.9 Å². The molecule has 1 aromatic heterocycles. The van der Waals surface area contributed by atoms with E-state index in [1.807, 2.05) is 49.6 Å². The molecule has 0 aliphatic carbocycles. The minimum absolute atomic E-state index is 0.357. The van der Waals surface area contributed by atoms with Gasteiger partial charge >= 0.3 is 5.97 Å². The number of para-hydroxylation sites is 2. The molecule has 0 radical (unpaired) electrons. The van der Waals surface area contributed by atoms with Crippen LogP contribution in [-0.4, -0.2) is 27.2 Å². The van der Waals surface area contributed by atoms with Gasteiger partial charge in [0.1, 0.15) is 11.6 Å². The van der Waals surface area contributed by atoms with E-state index >= 15 is 0 Å². The lowest BCUT2D eigenvalue weighted by molar-refractivity contribution is -0.156. The van der Waals surface area contributed by atoms with Crippen molar-refractivity contribution < 1.29 is 9.53 Å². The summed E-state index contributed by atoms with van der Waals surface area (Å²) in [6.07, 6.45) is 1.69. The van der Waals surface area contributed by atoms with Crippen LogP contribution < -0.4 is 5.73 Å². The molecule has 102 valence electrons. The highest BCUT2D eigenvalue weighted by Crippen LogP contribution is 2.13. The van der Waals surface area contributed by atoms with Gasteiger partial charge in [0.05, 0.1) is 23.9 Å². The fraction of sp³-hybridized carbons (Fsp3) is 0.429. The highest BCUT2D eigenvalue weighted by molar-refractivity contribution is 5.77. The molecule has 2 aromatic rings. The first kappa shape index (κ1) is 13.5. The SMILES string of the molecule is CC(C)(C)OC(=O)C(N)Cn1cnc2ccccc21. The van der Waals surface area contributed by atoms with Gasteiger partial charge in [0, 0.05) is 0 Å². The Morgan fingerprint density at radius 2 is 2.11 bits per heavy atom. The zero-order valence-electron chi connectivity index (χ0n) is 11.5. The number of benzene rings is 1. The van der Waals surface area contributed by atoms with Gasteiger partial charge in [-0.25, -0.2) is 4.98 Å². The predicted molar refractivity (Wildman–Crippen MR) is 73.6 cm³/mol. The Morgan fingerprint density at radius 1 is 1.42 bits per heavy atom. The van der Waals surface area contributed by atoms with E-state index < -0.39 is 17.6 Å². The van der Waals surface area contributed by atoms with E-state index in [0.717, 1.165) is 11.0 Å². The first-order valence-electron chi connectivity index (χ1n) is 6.25. The van der Waals surface area contributed by atoms with Crippen molar-refractivity contribution in [2.75, 3.05) is 0 Å². The number of esters is 1. The van der Waals surface area contributed by atoms with Crippen molar-refractivity contribution in [3.8, 4) is 0 Å². The second-order valence-corrected chi connectivity index (χ2v) is 5.53. The van der Waals surface area contributed by atoms with Crippen molar-refractivity contribution in [2.45, 2.75) is 39.0 Å². The summed E-state index contributed by atoms with van der Waals surface area (Å²) in [4.78, 5) is 16.1. The number of aromatic nitrogens is 2. The maximum absolute atomic E-state index is 11.8. The quantitative estimate of drug-likeness (QED) is 0.854. The average Bonchev–Trinajstić information content (AvgIpc) is 2.70. The van der Waals surface area contributed by atoms with Gasteiger partial charge in [-0.1, -0.05) is 12.1 Å². The van der Waals surface area contributed by atoms with Crippen molar-refractivity contribution in [2.24, 2.45) is 5.73 Å². The summed E-state index contributed by atoms with van der Waals surface area (Å²) >= 11 is 0. The summed E-state index contributed by atoms with van der Waals surface area (Å²) in [7, 11) is 0. The lowest BCUT2D eigenvalue weighted by Gasteiger charge is -2.22. The van der Waals surface area contributed by atoms with Crippen LogP contribution >= 0.6 is 0 Å². The van der Waals surface area contributed by atoms with Gasteiger partial charge in [0.25, 0.3) is 0 Å². The second kappa shape index (κ2) is 5.01. The molecule has 1 heterocycles. The molecule has 2 N–H and O–H groups in total. The van der Waals surface area contributed by atoms with E-state index in [1.54, 1.807) is 6.33 Å². The highest BCUT2D eigenvalue weighted by atomic mass is 16.6. The van der Waals surface area contributed by atoms with Gasteiger partial charge in [0.2, 0.25) is 0 Å². The summed E-state index contributed by atoms with van der Waals surface area (Å²) in [5.41, 5.74) is 7.21. The Balaban J connectivity index is 2.10. The summed E-state index contributed by atoms with van der Waals surface area (Å²) in [6, 6.07) is 7.03. The maximum atomic E-state index is 11.8. The molecule has 1 atom stereocenters. The third-order valence-corrected chi connectivity index (χ3v) is 2.63. The van der Waals surface area contributed by atoms with E-state index in [2.05, 4.69) is 4.98 Å². The minimum atomic E-state index is -0.697. The van der Waals surface area contributed by atoms with E-state index in [4.69, 9.17) is 10.5 Å². The summed E-state index contributed by atoms with van der Waals surface area (Å²) in [5.74, 6) is -0.398. The summed E-state index contributed by atoms with van der Waals surface area (Å²) < 4.78 is 7.13. The van der Waals surface area contributed by atoms with Gasteiger partial charge in [0.15, 0.2) is 0 Å².